The molecule has 0 bridgehead atoms. The lowest BCUT2D eigenvalue weighted by molar-refractivity contribution is 0.493. The number of sulfonamides is 1. The standard InChI is InChI=1S/C18H16N8O4S2.CH4/c19-32(29,30)17-15(31(27,28)11-8-20-9-11)4-2-12(16(17)18-23-25-26-24-18)10-1-3-13-14(7-10)22-6-5-21-13;/h1-7,11,20H,8-9H2,(H2,19,29,30)(H,23,24,25,26);1H4. The number of nitrogens with two attached hydrogens (primary N) is 1. The van der Waals surface area contributed by atoms with Crippen molar-refractivity contribution < 1.29 is 16.8 Å². The van der Waals surface area contributed by atoms with Gasteiger partial charge in [0.15, 0.2) is 9.84 Å². The van der Waals surface area contributed by atoms with E-state index in [-0.39, 0.29) is 31.9 Å². The van der Waals surface area contributed by atoms with E-state index in [1.807, 2.05) is 0 Å². The van der Waals surface area contributed by atoms with Gasteiger partial charge in [0.05, 0.1) is 26.7 Å². The highest BCUT2D eigenvalue weighted by atomic mass is 32.2. The summed E-state index contributed by atoms with van der Waals surface area (Å²) in [5.74, 6) is -0.105. The van der Waals surface area contributed by atoms with Crippen molar-refractivity contribution >= 4 is 30.9 Å². The molecule has 0 saturated carbocycles. The third-order valence-electron chi connectivity index (χ3n) is 5.24. The van der Waals surface area contributed by atoms with Crippen LogP contribution in [0.5, 0.6) is 0 Å². The number of tetrazole rings is 1. The van der Waals surface area contributed by atoms with Gasteiger partial charge in [-0.3, -0.25) is 9.97 Å². The van der Waals surface area contributed by atoms with Crippen LogP contribution in [0.3, 0.4) is 0 Å². The summed E-state index contributed by atoms with van der Waals surface area (Å²) in [4.78, 5) is 7.54. The van der Waals surface area contributed by atoms with Gasteiger partial charge < -0.3 is 5.32 Å². The predicted octanol–water partition coefficient (Wildman–Crippen LogP) is 0.506. The monoisotopic (exact) mass is 488 g/mol. The Morgan fingerprint density at radius 2 is 1.70 bits per heavy atom. The van der Waals surface area contributed by atoms with Gasteiger partial charge in [0.25, 0.3) is 0 Å². The van der Waals surface area contributed by atoms with E-state index in [9.17, 15) is 16.8 Å². The number of benzene rings is 2. The van der Waals surface area contributed by atoms with Crippen LogP contribution >= 0.6 is 0 Å². The van der Waals surface area contributed by atoms with Crippen molar-refractivity contribution in [3.05, 3.63) is 42.7 Å². The molecule has 0 atom stereocenters. The third-order valence-corrected chi connectivity index (χ3v) is 8.53. The number of sulfone groups is 1. The number of nitrogens with zero attached hydrogens (tertiary/aromatic N) is 5. The summed E-state index contributed by atoms with van der Waals surface area (Å²) in [6, 6.07) is 7.91. The van der Waals surface area contributed by atoms with Gasteiger partial charge in [0, 0.05) is 25.5 Å². The van der Waals surface area contributed by atoms with Gasteiger partial charge in [0.2, 0.25) is 15.8 Å². The second-order valence-corrected chi connectivity index (χ2v) is 10.9. The average molecular weight is 489 g/mol. The molecule has 172 valence electrons. The van der Waals surface area contributed by atoms with Crippen LogP contribution in [0.15, 0.2) is 52.5 Å². The summed E-state index contributed by atoms with van der Waals surface area (Å²) in [6.07, 6.45) is 3.09. The Kier molecular flexibility index (Phi) is 5.69. The van der Waals surface area contributed by atoms with Gasteiger partial charge in [0.1, 0.15) is 4.90 Å². The molecule has 4 N–H and O–H groups in total. The zero-order chi connectivity index (χ0) is 22.5. The lowest BCUT2D eigenvalue weighted by atomic mass is 9.98. The fraction of sp³-hybridized carbons (Fsp3) is 0.211. The van der Waals surface area contributed by atoms with E-state index in [4.69, 9.17) is 5.14 Å². The molecule has 2 aromatic carbocycles. The number of aromatic amines is 1. The van der Waals surface area contributed by atoms with Crippen molar-refractivity contribution in [1.82, 2.24) is 35.9 Å². The fourth-order valence-corrected chi connectivity index (χ4v) is 6.78. The normalized spacial score (nSPS) is 14.6. The summed E-state index contributed by atoms with van der Waals surface area (Å²) in [6.45, 7) is 0.435. The fourth-order valence-electron chi connectivity index (χ4n) is 3.59. The van der Waals surface area contributed by atoms with Crippen LogP contribution in [-0.4, -0.2) is 65.8 Å². The second-order valence-electron chi connectivity index (χ2n) is 7.18. The first-order valence-electron chi connectivity index (χ1n) is 9.36. The van der Waals surface area contributed by atoms with Crippen LogP contribution in [0.4, 0.5) is 0 Å². The largest absolute Gasteiger partial charge is 0.314 e. The summed E-state index contributed by atoms with van der Waals surface area (Å²) < 4.78 is 51.8. The van der Waals surface area contributed by atoms with Crippen LogP contribution in [0, 0.1) is 0 Å². The first kappa shape index (κ1) is 22.8. The van der Waals surface area contributed by atoms with Crippen molar-refractivity contribution in [3.8, 4) is 22.5 Å². The Hall–Kier alpha value is -3.33. The molecule has 1 aliphatic heterocycles. The van der Waals surface area contributed by atoms with E-state index < -0.39 is 34.9 Å². The van der Waals surface area contributed by atoms with Gasteiger partial charge >= 0.3 is 0 Å². The predicted molar refractivity (Wildman–Crippen MR) is 120 cm³/mol. The summed E-state index contributed by atoms with van der Waals surface area (Å²) in [5, 5.41) is 21.3. The molecule has 0 amide bonds. The minimum absolute atomic E-state index is 0. The maximum Gasteiger partial charge on any atom is 0.240 e. The van der Waals surface area contributed by atoms with Gasteiger partial charge in [-0.2, -0.15) is 5.21 Å². The molecule has 0 spiro atoms. The van der Waals surface area contributed by atoms with Crippen LogP contribution in [0.1, 0.15) is 7.43 Å². The Morgan fingerprint density at radius 1 is 0.970 bits per heavy atom. The van der Waals surface area contributed by atoms with Crippen molar-refractivity contribution in [2.45, 2.75) is 22.5 Å². The molecule has 1 aliphatic rings. The van der Waals surface area contributed by atoms with Crippen LogP contribution in [0.25, 0.3) is 33.5 Å². The zero-order valence-electron chi connectivity index (χ0n) is 16.3. The number of H-pyrrole nitrogens is 1. The van der Waals surface area contributed by atoms with Crippen LogP contribution in [-0.2, 0) is 19.9 Å². The summed E-state index contributed by atoms with van der Waals surface area (Å²) in [7, 11) is -8.51. The maximum atomic E-state index is 13.2. The minimum atomic E-state index is -4.51. The molecule has 14 heteroatoms. The van der Waals surface area contributed by atoms with E-state index >= 15 is 0 Å². The topological polar surface area (TPSA) is 187 Å². The van der Waals surface area contributed by atoms with E-state index in [0.717, 1.165) is 0 Å². The van der Waals surface area contributed by atoms with Gasteiger partial charge in [-0.1, -0.05) is 19.6 Å². The average Bonchev–Trinajstić information content (AvgIpc) is 3.24. The number of hydrogen-bond donors (Lipinski definition) is 3. The molecule has 0 radical (unpaired) electrons. The maximum absolute atomic E-state index is 13.2. The number of fused-ring (bicyclic) bond motifs is 1. The number of aromatic nitrogens is 6. The lowest BCUT2D eigenvalue weighted by Crippen LogP contribution is -2.51. The smallest absolute Gasteiger partial charge is 0.240 e. The van der Waals surface area contributed by atoms with Crippen molar-refractivity contribution in [3.63, 3.8) is 0 Å². The van der Waals surface area contributed by atoms with E-state index in [1.54, 1.807) is 24.4 Å². The molecule has 33 heavy (non-hydrogen) atoms. The molecule has 4 aromatic rings. The minimum Gasteiger partial charge on any atom is -0.314 e. The molecule has 1 fully saturated rings. The molecule has 0 unspecified atom stereocenters. The molecular weight excluding hydrogens is 468 g/mol. The number of primary sulfonamides is 1. The number of rotatable bonds is 5. The summed E-state index contributed by atoms with van der Waals surface area (Å²) >= 11 is 0. The zero-order valence-corrected chi connectivity index (χ0v) is 17.9. The molecule has 1 saturated heterocycles. The first-order chi connectivity index (χ1) is 15.3. The van der Waals surface area contributed by atoms with Crippen molar-refractivity contribution in [2.75, 3.05) is 13.1 Å². The molecule has 12 nitrogen and oxygen atoms in total. The lowest BCUT2D eigenvalue weighted by Gasteiger charge is -2.28. The molecule has 0 aliphatic carbocycles. The Labute approximate surface area is 189 Å². The van der Waals surface area contributed by atoms with Crippen molar-refractivity contribution in [1.29, 1.82) is 0 Å². The SMILES string of the molecule is C.NS(=O)(=O)c1c(S(=O)(=O)C2CNC2)ccc(-c2ccc3nccnc3c2)c1-c1nn[nH]n1. The highest BCUT2D eigenvalue weighted by Gasteiger charge is 2.38. The molecule has 2 aromatic heterocycles. The highest BCUT2D eigenvalue weighted by Crippen LogP contribution is 2.40. The Bertz CT molecular complexity index is 1550. The molecular formula is C19H20N8O4S2. The highest BCUT2D eigenvalue weighted by molar-refractivity contribution is 7.94. The molecule has 3 heterocycles. The van der Waals surface area contributed by atoms with Gasteiger partial charge in [-0.05, 0) is 34.5 Å². The number of nitrogens with one attached hydrogen (secondary N) is 2. The Morgan fingerprint density at radius 3 is 2.30 bits per heavy atom. The van der Waals surface area contributed by atoms with E-state index in [1.165, 1.54) is 18.3 Å². The second kappa shape index (κ2) is 8.22. The van der Waals surface area contributed by atoms with E-state index in [2.05, 4.69) is 35.9 Å². The van der Waals surface area contributed by atoms with Gasteiger partial charge in [-0.15, -0.1) is 10.2 Å². The van der Waals surface area contributed by atoms with Gasteiger partial charge in [-0.25, -0.2) is 22.0 Å². The quantitative estimate of drug-likeness (QED) is 0.357. The number of hydrogen-bond acceptors (Lipinski definition) is 10. The summed E-state index contributed by atoms with van der Waals surface area (Å²) in [5.41, 5.74) is 2.06. The van der Waals surface area contributed by atoms with E-state index in [0.29, 0.717) is 22.2 Å². The van der Waals surface area contributed by atoms with Crippen molar-refractivity contribution in [2.24, 2.45) is 5.14 Å². The van der Waals surface area contributed by atoms with Crippen LogP contribution in [0.2, 0.25) is 0 Å². The molecule has 5 rings (SSSR count). The third kappa shape index (κ3) is 3.86. The first-order valence-corrected chi connectivity index (χ1v) is 12.5. The van der Waals surface area contributed by atoms with Crippen LogP contribution < -0.4 is 10.5 Å². The Balaban J connectivity index is 0.00000259.